The number of unbranched alkanes of at least 4 members (excludes halogenated alkanes) is 2. The van der Waals surface area contributed by atoms with E-state index in [2.05, 4.69) is 27.7 Å². The predicted molar refractivity (Wildman–Crippen MR) is 77.8 cm³/mol. The van der Waals surface area contributed by atoms with E-state index in [1.165, 1.54) is 12.8 Å². The van der Waals surface area contributed by atoms with Crippen molar-refractivity contribution in [2.24, 2.45) is 5.41 Å². The Bertz CT molecular complexity index is 176. The Morgan fingerprint density at radius 2 is 1.31 bits per heavy atom. The SMILES string of the molecule is CCC[CH2][Sn]1([CH2]CCC)[CH2]CC(C)(C)C[CH2]1. The van der Waals surface area contributed by atoms with Crippen molar-refractivity contribution in [3.63, 3.8) is 0 Å². The molecule has 0 unspecified atom stereocenters. The Kier molecular flexibility index (Phi) is 6.18. The van der Waals surface area contributed by atoms with Gasteiger partial charge in [-0.25, -0.2) is 0 Å². The fourth-order valence-corrected chi connectivity index (χ4v) is 20.7. The third-order valence-corrected chi connectivity index (χ3v) is 20.3. The molecule has 0 amide bonds. The molecule has 0 nitrogen and oxygen atoms in total. The monoisotopic (exact) mass is 332 g/mol. The van der Waals surface area contributed by atoms with Crippen LogP contribution < -0.4 is 0 Å². The van der Waals surface area contributed by atoms with Crippen LogP contribution in [0.5, 0.6) is 0 Å². The fourth-order valence-electron chi connectivity index (χ4n) is 3.19. The fraction of sp³-hybridized carbons (Fsp3) is 1.00. The normalized spacial score (nSPS) is 23.2. The van der Waals surface area contributed by atoms with Gasteiger partial charge in [-0.3, -0.25) is 0 Å². The summed E-state index contributed by atoms with van der Waals surface area (Å²) in [6.07, 6.45) is 9.04. The first kappa shape index (κ1) is 14.9. The van der Waals surface area contributed by atoms with Crippen molar-refractivity contribution >= 4 is 18.4 Å². The summed E-state index contributed by atoms with van der Waals surface area (Å²) in [6, 6.07) is 0. The van der Waals surface area contributed by atoms with Crippen LogP contribution in [0.25, 0.3) is 0 Å². The molecule has 1 heteroatoms. The molecule has 1 aliphatic heterocycles. The van der Waals surface area contributed by atoms with Gasteiger partial charge in [0.2, 0.25) is 0 Å². The van der Waals surface area contributed by atoms with E-state index in [0.717, 1.165) is 0 Å². The van der Waals surface area contributed by atoms with Crippen LogP contribution in [0.4, 0.5) is 0 Å². The van der Waals surface area contributed by atoms with E-state index in [9.17, 15) is 0 Å². The van der Waals surface area contributed by atoms with Crippen LogP contribution in [0.3, 0.4) is 0 Å². The molecule has 1 aliphatic rings. The summed E-state index contributed by atoms with van der Waals surface area (Å²) in [5.74, 6) is 0. The molecule has 16 heavy (non-hydrogen) atoms. The van der Waals surface area contributed by atoms with Gasteiger partial charge in [-0.2, -0.15) is 0 Å². The third-order valence-electron chi connectivity index (χ3n) is 4.79. The zero-order chi connectivity index (χ0) is 12.1. The standard InChI is InChI=1S/C7H14.2C4H9.Sn/c1-5-7(3,4)6-2;2*1-3-4-2;/h1-2,5-6H2,3-4H3;2*1,3-4H2,2H3;. The van der Waals surface area contributed by atoms with Crippen molar-refractivity contribution in [2.75, 3.05) is 0 Å². The van der Waals surface area contributed by atoms with Gasteiger partial charge in [0.15, 0.2) is 0 Å². The van der Waals surface area contributed by atoms with E-state index >= 15 is 0 Å². The Morgan fingerprint density at radius 1 is 0.875 bits per heavy atom. The molecule has 1 saturated heterocycles. The molecular weight excluding hydrogens is 299 g/mol. The van der Waals surface area contributed by atoms with Crippen LogP contribution in [-0.2, 0) is 0 Å². The minimum atomic E-state index is -1.61. The molecule has 0 N–H and O–H groups in total. The van der Waals surface area contributed by atoms with Gasteiger partial charge in [-0.1, -0.05) is 0 Å². The second-order valence-corrected chi connectivity index (χ2v) is 21.1. The molecule has 0 aromatic heterocycles. The van der Waals surface area contributed by atoms with Crippen molar-refractivity contribution in [1.82, 2.24) is 0 Å². The second-order valence-electron chi connectivity index (χ2n) is 6.87. The van der Waals surface area contributed by atoms with Gasteiger partial charge in [0.25, 0.3) is 0 Å². The summed E-state index contributed by atoms with van der Waals surface area (Å²) < 4.78 is 6.84. The van der Waals surface area contributed by atoms with Crippen LogP contribution in [0.1, 0.15) is 66.2 Å². The average Bonchev–Trinajstić information content (AvgIpc) is 2.27. The van der Waals surface area contributed by atoms with E-state index in [0.29, 0.717) is 5.41 Å². The molecule has 0 aliphatic carbocycles. The first-order valence-electron chi connectivity index (χ1n) is 7.54. The van der Waals surface area contributed by atoms with E-state index in [1.54, 1.807) is 43.4 Å². The van der Waals surface area contributed by atoms with E-state index in [1.807, 2.05) is 0 Å². The summed E-state index contributed by atoms with van der Waals surface area (Å²) in [7, 11) is 0. The molecule has 0 saturated carbocycles. The Morgan fingerprint density at radius 3 is 1.69 bits per heavy atom. The second kappa shape index (κ2) is 6.66. The summed E-state index contributed by atoms with van der Waals surface area (Å²) in [5.41, 5.74) is 0.679. The Hall–Kier alpha value is 0.799. The Labute approximate surface area is 107 Å². The molecule has 0 bridgehead atoms. The van der Waals surface area contributed by atoms with Crippen LogP contribution >= 0.6 is 0 Å². The third kappa shape index (κ3) is 4.58. The molecule has 1 fully saturated rings. The van der Waals surface area contributed by atoms with Crippen molar-refractivity contribution in [1.29, 1.82) is 0 Å². The molecular formula is C15H32Sn. The Balaban J connectivity index is 2.51. The van der Waals surface area contributed by atoms with Gasteiger partial charge in [0.1, 0.15) is 0 Å². The number of hydrogen-bond donors (Lipinski definition) is 0. The van der Waals surface area contributed by atoms with Gasteiger partial charge < -0.3 is 0 Å². The van der Waals surface area contributed by atoms with Crippen molar-refractivity contribution in [3.05, 3.63) is 0 Å². The molecule has 0 atom stereocenters. The van der Waals surface area contributed by atoms with E-state index in [-0.39, 0.29) is 0 Å². The van der Waals surface area contributed by atoms with Crippen LogP contribution in [0.2, 0.25) is 17.7 Å². The maximum atomic E-state index is 2.49. The quantitative estimate of drug-likeness (QED) is 0.535. The maximum absolute atomic E-state index is 2.49. The summed E-state index contributed by atoms with van der Waals surface area (Å²) >= 11 is -1.61. The molecule has 0 spiro atoms. The molecule has 1 heterocycles. The van der Waals surface area contributed by atoms with E-state index in [4.69, 9.17) is 0 Å². The van der Waals surface area contributed by atoms with Crippen molar-refractivity contribution in [2.45, 2.75) is 84.0 Å². The molecule has 0 radical (unpaired) electrons. The summed E-state index contributed by atoms with van der Waals surface area (Å²) in [5, 5.41) is 0. The van der Waals surface area contributed by atoms with Gasteiger partial charge in [-0.15, -0.1) is 0 Å². The van der Waals surface area contributed by atoms with Crippen molar-refractivity contribution in [3.8, 4) is 0 Å². The van der Waals surface area contributed by atoms with Gasteiger partial charge in [0, 0.05) is 0 Å². The molecule has 0 aromatic carbocycles. The minimum absolute atomic E-state index is 0.679. The van der Waals surface area contributed by atoms with Crippen LogP contribution in [-0.4, -0.2) is 18.4 Å². The molecule has 96 valence electrons. The topological polar surface area (TPSA) is 0 Å². The van der Waals surface area contributed by atoms with E-state index < -0.39 is 18.4 Å². The zero-order valence-corrected chi connectivity index (χ0v) is 14.9. The molecule has 0 aromatic rings. The van der Waals surface area contributed by atoms with Crippen LogP contribution in [0, 0.1) is 5.41 Å². The number of rotatable bonds is 6. The number of hydrogen-bond acceptors (Lipinski definition) is 0. The zero-order valence-electron chi connectivity index (χ0n) is 12.1. The van der Waals surface area contributed by atoms with Gasteiger partial charge >= 0.3 is 108 Å². The van der Waals surface area contributed by atoms with Gasteiger partial charge in [0.05, 0.1) is 0 Å². The van der Waals surface area contributed by atoms with Crippen molar-refractivity contribution < 1.29 is 0 Å². The predicted octanol–water partition coefficient (Wildman–Crippen LogP) is 5.86. The summed E-state index contributed by atoms with van der Waals surface area (Å²) in [6.45, 7) is 9.71. The molecule has 1 rings (SSSR count). The van der Waals surface area contributed by atoms with Gasteiger partial charge in [-0.05, 0) is 0 Å². The first-order chi connectivity index (χ1) is 7.54. The first-order valence-corrected chi connectivity index (χ1v) is 15.6. The summed E-state index contributed by atoms with van der Waals surface area (Å²) in [4.78, 5) is 0. The van der Waals surface area contributed by atoms with Crippen LogP contribution in [0.15, 0.2) is 0 Å². The average molecular weight is 331 g/mol.